The molecule has 4 heteroatoms. The fourth-order valence-electron chi connectivity index (χ4n) is 1.52. The monoisotopic (exact) mass is 233 g/mol. The van der Waals surface area contributed by atoms with Crippen molar-refractivity contribution in [1.29, 1.82) is 0 Å². The second-order valence-corrected chi connectivity index (χ2v) is 4.66. The van der Waals surface area contributed by atoms with Crippen molar-refractivity contribution in [1.82, 2.24) is 4.98 Å². The van der Waals surface area contributed by atoms with Crippen LogP contribution < -0.4 is 0 Å². The lowest BCUT2D eigenvalue weighted by molar-refractivity contribution is 0.541. The highest BCUT2D eigenvalue weighted by Gasteiger charge is 2.05. The molecular weight excluding hydrogens is 226 g/mol. The van der Waals surface area contributed by atoms with Gasteiger partial charge in [0, 0.05) is 4.70 Å². The van der Waals surface area contributed by atoms with Gasteiger partial charge in [0.2, 0.25) is 0 Å². The molecule has 0 saturated heterocycles. The summed E-state index contributed by atoms with van der Waals surface area (Å²) < 4.78 is 6.35. The molecule has 0 unspecified atom stereocenters. The molecule has 3 rings (SSSR count). The van der Waals surface area contributed by atoms with Crippen molar-refractivity contribution < 1.29 is 4.42 Å². The minimum absolute atomic E-state index is 0.419. The molecular formula is C11H7NOS2. The number of H-pyrrole nitrogens is 1. The smallest absolute Gasteiger partial charge is 0.266 e. The molecule has 0 aliphatic rings. The minimum Gasteiger partial charge on any atom is -0.437 e. The van der Waals surface area contributed by atoms with E-state index in [-0.39, 0.29) is 0 Å². The number of rotatable bonds is 1. The van der Waals surface area contributed by atoms with Crippen LogP contribution in [0.4, 0.5) is 0 Å². The van der Waals surface area contributed by atoms with Gasteiger partial charge in [-0.3, -0.25) is 0 Å². The van der Waals surface area contributed by atoms with E-state index in [0.29, 0.717) is 4.84 Å². The molecule has 1 aromatic carbocycles. The Morgan fingerprint density at radius 3 is 2.87 bits per heavy atom. The highest BCUT2D eigenvalue weighted by molar-refractivity contribution is 7.71. The molecule has 0 atom stereocenters. The van der Waals surface area contributed by atoms with Crippen molar-refractivity contribution in [3.05, 3.63) is 41.4 Å². The number of hydrogen-bond donors (Lipinski definition) is 1. The summed E-state index contributed by atoms with van der Waals surface area (Å²) in [7, 11) is 0. The third-order valence-corrected chi connectivity index (χ3v) is 3.56. The van der Waals surface area contributed by atoms with Crippen LogP contribution >= 0.6 is 23.6 Å². The normalized spacial score (nSPS) is 10.9. The molecule has 2 aromatic heterocycles. The number of aromatic nitrogens is 1. The maximum atomic E-state index is 5.08. The Morgan fingerprint density at radius 2 is 2.13 bits per heavy atom. The highest BCUT2D eigenvalue weighted by atomic mass is 32.1. The zero-order chi connectivity index (χ0) is 10.3. The molecule has 0 saturated carbocycles. The average molecular weight is 233 g/mol. The quantitative estimate of drug-likeness (QED) is 0.637. The molecule has 0 bridgehead atoms. The van der Waals surface area contributed by atoms with Crippen molar-refractivity contribution in [2.75, 3.05) is 0 Å². The zero-order valence-corrected chi connectivity index (χ0v) is 9.32. The van der Waals surface area contributed by atoms with Gasteiger partial charge in [0.1, 0.15) is 6.26 Å². The van der Waals surface area contributed by atoms with Crippen LogP contribution in [0.5, 0.6) is 0 Å². The Bertz CT molecular complexity index is 629. The van der Waals surface area contributed by atoms with Gasteiger partial charge in [0.15, 0.2) is 0 Å². The SMILES string of the molecule is S=c1[nH]c(-c2cc3ccccc3s2)co1. The highest BCUT2D eigenvalue weighted by Crippen LogP contribution is 2.32. The van der Waals surface area contributed by atoms with Gasteiger partial charge in [-0.05, 0) is 29.7 Å². The molecule has 0 amide bonds. The van der Waals surface area contributed by atoms with Gasteiger partial charge < -0.3 is 9.40 Å². The standard InChI is InChI=1S/C11H7NOS2/c14-11-12-8(6-13-11)10-5-7-3-1-2-4-9(7)15-10/h1-6H,(H,12,14). The van der Waals surface area contributed by atoms with Crippen LogP contribution in [0.25, 0.3) is 20.7 Å². The number of hydrogen-bond acceptors (Lipinski definition) is 3. The predicted octanol–water partition coefficient (Wildman–Crippen LogP) is 4.22. The summed E-state index contributed by atoms with van der Waals surface area (Å²) in [6, 6.07) is 10.4. The summed E-state index contributed by atoms with van der Waals surface area (Å²) in [4.78, 5) is 4.58. The topological polar surface area (TPSA) is 28.9 Å². The van der Waals surface area contributed by atoms with Gasteiger partial charge in [-0.1, -0.05) is 18.2 Å². The van der Waals surface area contributed by atoms with Crippen molar-refractivity contribution in [3.63, 3.8) is 0 Å². The number of fused-ring (bicyclic) bond motifs is 1. The fraction of sp³-hybridized carbons (Fsp3) is 0. The van der Waals surface area contributed by atoms with Crippen LogP contribution in [0.1, 0.15) is 0 Å². The number of benzene rings is 1. The largest absolute Gasteiger partial charge is 0.437 e. The van der Waals surface area contributed by atoms with E-state index in [1.54, 1.807) is 17.6 Å². The third kappa shape index (κ3) is 1.52. The Hall–Kier alpha value is -1.39. The maximum Gasteiger partial charge on any atom is 0.266 e. The summed E-state index contributed by atoms with van der Waals surface area (Å²) in [6.45, 7) is 0. The van der Waals surface area contributed by atoms with E-state index in [0.717, 1.165) is 10.6 Å². The van der Waals surface area contributed by atoms with E-state index >= 15 is 0 Å². The first-order valence-electron chi connectivity index (χ1n) is 4.50. The van der Waals surface area contributed by atoms with Gasteiger partial charge in [0.25, 0.3) is 4.84 Å². The van der Waals surface area contributed by atoms with Crippen LogP contribution in [0.3, 0.4) is 0 Å². The first kappa shape index (κ1) is 8.88. The average Bonchev–Trinajstić information content (AvgIpc) is 2.82. The first-order valence-corrected chi connectivity index (χ1v) is 5.72. The molecule has 0 radical (unpaired) electrons. The van der Waals surface area contributed by atoms with E-state index < -0.39 is 0 Å². The lowest BCUT2D eigenvalue weighted by atomic mass is 10.2. The Kier molecular flexibility index (Phi) is 1.97. The molecule has 3 aromatic rings. The Labute approximate surface area is 95.2 Å². The number of thiophene rings is 1. The number of nitrogens with one attached hydrogen (secondary N) is 1. The summed E-state index contributed by atoms with van der Waals surface area (Å²) >= 11 is 6.62. The van der Waals surface area contributed by atoms with E-state index in [9.17, 15) is 0 Å². The van der Waals surface area contributed by atoms with E-state index in [2.05, 4.69) is 23.2 Å². The number of aromatic amines is 1. The Balaban J connectivity index is 2.24. The van der Waals surface area contributed by atoms with Crippen molar-refractivity contribution in [3.8, 4) is 10.6 Å². The molecule has 2 heterocycles. The second kappa shape index (κ2) is 3.32. The summed E-state index contributed by atoms with van der Waals surface area (Å²) in [5, 5.41) is 1.25. The molecule has 0 spiro atoms. The van der Waals surface area contributed by atoms with Crippen molar-refractivity contribution in [2.24, 2.45) is 0 Å². The minimum atomic E-state index is 0.419. The van der Waals surface area contributed by atoms with Gasteiger partial charge in [0.05, 0.1) is 10.6 Å². The van der Waals surface area contributed by atoms with Crippen molar-refractivity contribution >= 4 is 33.6 Å². The summed E-state index contributed by atoms with van der Waals surface area (Å²) in [5.74, 6) is 0. The molecule has 1 N–H and O–H groups in total. The lowest BCUT2D eigenvalue weighted by Gasteiger charge is -1.84. The number of oxazole rings is 1. The summed E-state index contributed by atoms with van der Waals surface area (Å²) in [5.41, 5.74) is 0.946. The van der Waals surface area contributed by atoms with Gasteiger partial charge in [-0.15, -0.1) is 11.3 Å². The molecule has 15 heavy (non-hydrogen) atoms. The van der Waals surface area contributed by atoms with E-state index in [1.165, 1.54) is 10.1 Å². The zero-order valence-electron chi connectivity index (χ0n) is 7.69. The third-order valence-electron chi connectivity index (χ3n) is 2.21. The van der Waals surface area contributed by atoms with Crippen LogP contribution in [0, 0.1) is 4.84 Å². The van der Waals surface area contributed by atoms with E-state index in [4.69, 9.17) is 16.6 Å². The fourth-order valence-corrected chi connectivity index (χ4v) is 2.70. The van der Waals surface area contributed by atoms with Crippen molar-refractivity contribution in [2.45, 2.75) is 0 Å². The van der Waals surface area contributed by atoms with Gasteiger partial charge in [-0.2, -0.15) is 0 Å². The first-order chi connectivity index (χ1) is 7.33. The van der Waals surface area contributed by atoms with Crippen LogP contribution in [0.15, 0.2) is 41.0 Å². The predicted molar refractivity (Wildman–Crippen MR) is 64.7 cm³/mol. The van der Waals surface area contributed by atoms with Gasteiger partial charge >= 0.3 is 0 Å². The molecule has 74 valence electrons. The summed E-state index contributed by atoms with van der Waals surface area (Å²) in [6.07, 6.45) is 1.66. The molecule has 2 nitrogen and oxygen atoms in total. The molecule has 0 fully saturated rings. The molecule has 0 aliphatic heterocycles. The molecule has 0 aliphatic carbocycles. The lowest BCUT2D eigenvalue weighted by Crippen LogP contribution is -1.67. The van der Waals surface area contributed by atoms with Crippen LogP contribution in [-0.2, 0) is 0 Å². The Morgan fingerprint density at radius 1 is 1.27 bits per heavy atom. The van der Waals surface area contributed by atoms with Gasteiger partial charge in [-0.25, -0.2) is 0 Å². The maximum absolute atomic E-state index is 5.08. The second-order valence-electron chi connectivity index (χ2n) is 3.21. The van der Waals surface area contributed by atoms with Crippen LogP contribution in [-0.4, -0.2) is 4.98 Å². The van der Waals surface area contributed by atoms with Crippen LogP contribution in [0.2, 0.25) is 0 Å². The van der Waals surface area contributed by atoms with E-state index in [1.807, 2.05) is 12.1 Å².